The van der Waals surface area contributed by atoms with Crippen LogP contribution in [0.5, 0.6) is 0 Å². The minimum atomic E-state index is 0.129. The lowest BCUT2D eigenvalue weighted by Crippen LogP contribution is -2.39. The Morgan fingerprint density at radius 2 is 1.47 bits per heavy atom. The van der Waals surface area contributed by atoms with E-state index in [-0.39, 0.29) is 17.8 Å². The van der Waals surface area contributed by atoms with Crippen LogP contribution in [0.1, 0.15) is 52.4 Å². The molecule has 3 aromatic rings. The van der Waals surface area contributed by atoms with Crippen molar-refractivity contribution in [3.05, 3.63) is 94.2 Å². The van der Waals surface area contributed by atoms with E-state index in [0.717, 1.165) is 37.1 Å². The van der Waals surface area contributed by atoms with E-state index in [1.165, 1.54) is 22.5 Å². The third kappa shape index (κ3) is 6.48. The van der Waals surface area contributed by atoms with Crippen molar-refractivity contribution < 1.29 is 4.79 Å². The summed E-state index contributed by atoms with van der Waals surface area (Å²) < 4.78 is 0. The lowest BCUT2D eigenvalue weighted by molar-refractivity contribution is 0.0705. The fraction of sp³-hybridized carbons (Fsp3) is 0.357. The highest BCUT2D eigenvalue weighted by Crippen LogP contribution is 2.32. The first kappa shape index (κ1) is 24.0. The Labute approximate surface area is 206 Å². The molecule has 1 amide bonds. The number of carbonyl (C=O) groups is 1. The van der Waals surface area contributed by atoms with Gasteiger partial charge in [0.25, 0.3) is 5.91 Å². The van der Waals surface area contributed by atoms with Crippen molar-refractivity contribution in [3.8, 4) is 0 Å². The van der Waals surface area contributed by atoms with Gasteiger partial charge < -0.3 is 16.4 Å². The number of hydrogen-bond acceptors (Lipinski definition) is 3. The lowest BCUT2D eigenvalue weighted by Gasteiger charge is -2.34. The zero-order chi connectivity index (χ0) is 23.8. The maximum atomic E-state index is 13.6. The summed E-state index contributed by atoms with van der Waals surface area (Å²) >= 11 is 1.52. The van der Waals surface area contributed by atoms with Gasteiger partial charge in [-0.3, -0.25) is 9.79 Å². The average Bonchev–Trinajstić information content (AvgIpc) is 3.42. The molecule has 1 aliphatic rings. The SMILES string of the molecule is NC(N)=NCC1CCC(CN(CC(c2ccccc2)c2ccccc2)C(=O)c2cccs2)CC1. The number of nitrogens with two attached hydrogens (primary N) is 2. The van der Waals surface area contributed by atoms with Crippen LogP contribution in [0.3, 0.4) is 0 Å². The summed E-state index contributed by atoms with van der Waals surface area (Å²) in [5, 5.41) is 1.98. The molecule has 0 saturated heterocycles. The third-order valence-electron chi connectivity index (χ3n) is 6.80. The predicted octanol–water partition coefficient (Wildman–Crippen LogP) is 5.10. The van der Waals surface area contributed by atoms with Gasteiger partial charge >= 0.3 is 0 Å². The summed E-state index contributed by atoms with van der Waals surface area (Å²) in [4.78, 5) is 20.7. The standard InChI is InChI=1S/C28H34N4OS/c29-28(30)31-18-21-13-15-22(16-14-21)19-32(27(33)26-12-7-17-34-26)20-25(23-8-3-1-4-9-23)24-10-5-2-6-11-24/h1-12,17,21-22,25H,13-16,18-20H2,(H4,29,30,31). The van der Waals surface area contributed by atoms with Crippen molar-refractivity contribution in [3.63, 3.8) is 0 Å². The number of carbonyl (C=O) groups excluding carboxylic acids is 1. The fourth-order valence-corrected chi connectivity index (χ4v) is 5.62. The number of thiophene rings is 1. The Hall–Kier alpha value is -3.12. The normalized spacial score (nSPS) is 17.9. The van der Waals surface area contributed by atoms with E-state index in [4.69, 9.17) is 11.5 Å². The Kier molecular flexibility index (Phi) is 8.36. The summed E-state index contributed by atoms with van der Waals surface area (Å²) in [6.45, 7) is 2.15. The molecule has 1 fully saturated rings. The molecule has 6 heteroatoms. The van der Waals surface area contributed by atoms with Crippen LogP contribution >= 0.6 is 11.3 Å². The molecule has 178 valence electrons. The Morgan fingerprint density at radius 1 is 0.882 bits per heavy atom. The molecular formula is C28H34N4OS. The number of rotatable bonds is 9. The van der Waals surface area contributed by atoms with Crippen LogP contribution in [0.4, 0.5) is 0 Å². The van der Waals surface area contributed by atoms with Gasteiger partial charge in [0.15, 0.2) is 5.96 Å². The number of nitrogens with zero attached hydrogens (tertiary/aromatic N) is 2. The number of amides is 1. The first-order valence-corrected chi connectivity index (χ1v) is 13.0. The molecular weight excluding hydrogens is 440 g/mol. The van der Waals surface area contributed by atoms with Gasteiger partial charge in [0, 0.05) is 25.6 Å². The van der Waals surface area contributed by atoms with Gasteiger partial charge in [0.05, 0.1) is 4.88 Å². The second-order valence-corrected chi connectivity index (χ2v) is 10.2. The van der Waals surface area contributed by atoms with Crippen LogP contribution in [-0.4, -0.2) is 36.4 Å². The molecule has 0 unspecified atom stereocenters. The average molecular weight is 475 g/mol. The molecule has 0 radical (unpaired) electrons. The largest absolute Gasteiger partial charge is 0.370 e. The number of hydrogen-bond donors (Lipinski definition) is 2. The first-order valence-electron chi connectivity index (χ1n) is 12.1. The summed E-state index contributed by atoms with van der Waals surface area (Å²) in [5.41, 5.74) is 13.5. The number of aliphatic imine (C=N–C) groups is 1. The second kappa shape index (κ2) is 11.8. The van der Waals surface area contributed by atoms with Crippen molar-refractivity contribution in [2.45, 2.75) is 31.6 Å². The topological polar surface area (TPSA) is 84.7 Å². The van der Waals surface area contributed by atoms with Gasteiger partial charge in [-0.25, -0.2) is 0 Å². The quantitative estimate of drug-likeness (QED) is 0.334. The van der Waals surface area contributed by atoms with Crippen LogP contribution < -0.4 is 11.5 Å². The van der Waals surface area contributed by atoms with E-state index >= 15 is 0 Å². The lowest BCUT2D eigenvalue weighted by atomic mass is 9.81. The van der Waals surface area contributed by atoms with E-state index in [1.54, 1.807) is 0 Å². The van der Waals surface area contributed by atoms with Crippen LogP contribution in [0.25, 0.3) is 0 Å². The van der Waals surface area contributed by atoms with Gasteiger partial charge in [-0.2, -0.15) is 0 Å². The minimum absolute atomic E-state index is 0.129. The molecule has 2 aromatic carbocycles. The maximum absolute atomic E-state index is 13.6. The minimum Gasteiger partial charge on any atom is -0.370 e. The van der Waals surface area contributed by atoms with Gasteiger partial charge in [-0.1, -0.05) is 66.7 Å². The van der Waals surface area contributed by atoms with Crippen molar-refractivity contribution in [1.82, 2.24) is 4.90 Å². The number of benzene rings is 2. The molecule has 1 aliphatic carbocycles. The van der Waals surface area contributed by atoms with Gasteiger partial charge in [0.2, 0.25) is 0 Å². The highest BCUT2D eigenvalue weighted by Gasteiger charge is 2.28. The highest BCUT2D eigenvalue weighted by molar-refractivity contribution is 7.12. The molecule has 0 aliphatic heterocycles. The molecule has 4 rings (SSSR count). The second-order valence-electron chi connectivity index (χ2n) is 9.21. The Balaban J connectivity index is 1.53. The van der Waals surface area contributed by atoms with Crippen molar-refractivity contribution in [2.75, 3.05) is 19.6 Å². The van der Waals surface area contributed by atoms with Gasteiger partial charge in [-0.05, 0) is 60.1 Å². The summed E-state index contributed by atoms with van der Waals surface area (Å²) in [6.07, 6.45) is 4.40. The fourth-order valence-electron chi connectivity index (χ4n) is 4.93. The molecule has 0 atom stereocenters. The van der Waals surface area contributed by atoms with Crippen LogP contribution in [0.15, 0.2) is 83.2 Å². The zero-order valence-electron chi connectivity index (χ0n) is 19.6. The summed E-state index contributed by atoms with van der Waals surface area (Å²) in [5.74, 6) is 1.45. The molecule has 1 aromatic heterocycles. The Bertz CT molecular complexity index is 1000. The molecule has 4 N–H and O–H groups in total. The zero-order valence-corrected chi connectivity index (χ0v) is 20.4. The smallest absolute Gasteiger partial charge is 0.263 e. The van der Waals surface area contributed by atoms with Crippen LogP contribution in [-0.2, 0) is 0 Å². The van der Waals surface area contributed by atoms with E-state index in [9.17, 15) is 4.79 Å². The molecule has 1 heterocycles. The first-order chi connectivity index (χ1) is 16.6. The molecule has 0 spiro atoms. The number of guanidine groups is 1. The Morgan fingerprint density at radius 3 is 2.00 bits per heavy atom. The maximum Gasteiger partial charge on any atom is 0.263 e. The molecule has 1 saturated carbocycles. The third-order valence-corrected chi connectivity index (χ3v) is 7.66. The molecule has 0 bridgehead atoms. The van der Waals surface area contributed by atoms with Crippen molar-refractivity contribution in [1.29, 1.82) is 0 Å². The molecule has 5 nitrogen and oxygen atoms in total. The molecule has 34 heavy (non-hydrogen) atoms. The van der Waals surface area contributed by atoms with Crippen molar-refractivity contribution >= 4 is 23.2 Å². The predicted molar refractivity (Wildman–Crippen MR) is 141 cm³/mol. The van der Waals surface area contributed by atoms with Crippen molar-refractivity contribution in [2.24, 2.45) is 28.3 Å². The van der Waals surface area contributed by atoms with Gasteiger partial charge in [0.1, 0.15) is 0 Å². The van der Waals surface area contributed by atoms with E-state index in [1.807, 2.05) is 29.6 Å². The summed E-state index contributed by atoms with van der Waals surface area (Å²) in [7, 11) is 0. The monoisotopic (exact) mass is 474 g/mol. The highest BCUT2D eigenvalue weighted by atomic mass is 32.1. The van der Waals surface area contributed by atoms with E-state index in [0.29, 0.717) is 24.9 Å². The van der Waals surface area contributed by atoms with Crippen LogP contribution in [0, 0.1) is 11.8 Å². The van der Waals surface area contributed by atoms with Crippen LogP contribution in [0.2, 0.25) is 0 Å². The van der Waals surface area contributed by atoms with Gasteiger partial charge in [-0.15, -0.1) is 11.3 Å². The summed E-state index contributed by atoms with van der Waals surface area (Å²) in [6, 6.07) is 25.0. The van der Waals surface area contributed by atoms with E-state index < -0.39 is 0 Å². The van der Waals surface area contributed by atoms with E-state index in [2.05, 4.69) is 58.4 Å².